The predicted molar refractivity (Wildman–Crippen MR) is 73.7 cm³/mol. The Kier molecular flexibility index (Phi) is 2.38. The van der Waals surface area contributed by atoms with Crippen molar-refractivity contribution in [2.24, 2.45) is 0 Å². The lowest BCUT2D eigenvalue weighted by atomic mass is 10.2. The summed E-state index contributed by atoms with van der Waals surface area (Å²) in [6.07, 6.45) is 1.64. The van der Waals surface area contributed by atoms with Gasteiger partial charge in [0.15, 0.2) is 5.82 Å². The maximum Gasteiger partial charge on any atom is 0.166 e. The molecule has 0 amide bonds. The number of aromatic nitrogens is 2. The van der Waals surface area contributed by atoms with Crippen molar-refractivity contribution in [2.45, 2.75) is 20.8 Å². The van der Waals surface area contributed by atoms with Gasteiger partial charge in [-0.2, -0.15) is 0 Å². The van der Waals surface area contributed by atoms with Crippen molar-refractivity contribution in [3.8, 4) is 11.4 Å². The first-order valence-electron chi connectivity index (χ1n) is 5.65. The smallest absolute Gasteiger partial charge is 0.166 e. The molecule has 4 nitrogen and oxygen atoms in total. The minimum atomic E-state index is 0.539. The molecule has 0 spiro atoms. The van der Waals surface area contributed by atoms with Gasteiger partial charge in [0.1, 0.15) is 16.4 Å². The third kappa shape index (κ3) is 1.51. The first-order valence-corrected chi connectivity index (χ1v) is 6.47. The van der Waals surface area contributed by atoms with Crippen LogP contribution in [0.15, 0.2) is 16.7 Å². The fraction of sp³-hybridized carbons (Fsp3) is 0.231. The van der Waals surface area contributed by atoms with Crippen molar-refractivity contribution >= 4 is 27.4 Å². The number of nitrogens with zero attached hydrogens (tertiary/aromatic N) is 2. The van der Waals surface area contributed by atoms with Gasteiger partial charge in [0.25, 0.3) is 0 Å². The van der Waals surface area contributed by atoms with Crippen LogP contribution in [0, 0.1) is 20.8 Å². The molecule has 0 bridgehead atoms. The fourth-order valence-corrected chi connectivity index (χ4v) is 3.05. The Hall–Kier alpha value is -1.88. The Morgan fingerprint density at radius 1 is 1.22 bits per heavy atom. The largest absolute Gasteiger partial charge is 0.469 e. The van der Waals surface area contributed by atoms with Gasteiger partial charge in [0, 0.05) is 4.88 Å². The molecule has 0 aliphatic carbocycles. The molecule has 0 atom stereocenters. The van der Waals surface area contributed by atoms with Crippen LogP contribution in [-0.4, -0.2) is 9.97 Å². The summed E-state index contributed by atoms with van der Waals surface area (Å²) < 4.78 is 5.28. The number of hydrogen-bond acceptors (Lipinski definition) is 5. The number of furan rings is 1. The van der Waals surface area contributed by atoms with E-state index in [0.717, 1.165) is 21.5 Å². The van der Waals surface area contributed by atoms with Crippen LogP contribution in [0.5, 0.6) is 0 Å². The molecule has 0 aliphatic rings. The van der Waals surface area contributed by atoms with Gasteiger partial charge in [-0.25, -0.2) is 9.97 Å². The summed E-state index contributed by atoms with van der Waals surface area (Å²) in [6, 6.07) is 1.86. The van der Waals surface area contributed by atoms with Crippen LogP contribution in [0.2, 0.25) is 0 Å². The maximum atomic E-state index is 6.05. The van der Waals surface area contributed by atoms with Gasteiger partial charge in [-0.05, 0) is 32.4 Å². The molecule has 92 valence electrons. The number of nitrogen functional groups attached to an aromatic ring is 1. The van der Waals surface area contributed by atoms with Crippen molar-refractivity contribution < 1.29 is 4.42 Å². The topological polar surface area (TPSA) is 64.9 Å². The van der Waals surface area contributed by atoms with E-state index in [2.05, 4.69) is 23.8 Å². The van der Waals surface area contributed by atoms with E-state index in [4.69, 9.17) is 10.2 Å². The van der Waals surface area contributed by atoms with Gasteiger partial charge >= 0.3 is 0 Å². The summed E-state index contributed by atoms with van der Waals surface area (Å²) in [7, 11) is 0. The Balaban J connectivity index is 2.31. The zero-order chi connectivity index (χ0) is 12.9. The van der Waals surface area contributed by atoms with Crippen LogP contribution >= 0.6 is 11.3 Å². The van der Waals surface area contributed by atoms with Crippen molar-refractivity contribution in [1.82, 2.24) is 9.97 Å². The van der Waals surface area contributed by atoms with Gasteiger partial charge in [-0.1, -0.05) is 0 Å². The van der Waals surface area contributed by atoms with Crippen molar-refractivity contribution in [1.29, 1.82) is 0 Å². The fourth-order valence-electron chi connectivity index (χ4n) is 2.02. The minimum absolute atomic E-state index is 0.539. The molecule has 2 N–H and O–H groups in total. The molecule has 0 saturated heterocycles. The van der Waals surface area contributed by atoms with Crippen molar-refractivity contribution in [2.75, 3.05) is 5.73 Å². The average molecular weight is 259 g/mol. The lowest BCUT2D eigenvalue weighted by Gasteiger charge is -2.02. The third-order valence-electron chi connectivity index (χ3n) is 3.16. The van der Waals surface area contributed by atoms with Gasteiger partial charge in [0.2, 0.25) is 0 Å². The molecule has 0 aliphatic heterocycles. The lowest BCUT2D eigenvalue weighted by Crippen LogP contribution is -1.97. The molecule has 0 aromatic carbocycles. The van der Waals surface area contributed by atoms with Crippen LogP contribution in [0.4, 0.5) is 5.82 Å². The number of hydrogen-bond donors (Lipinski definition) is 1. The van der Waals surface area contributed by atoms with E-state index < -0.39 is 0 Å². The van der Waals surface area contributed by atoms with E-state index >= 15 is 0 Å². The second-order valence-corrected chi connectivity index (χ2v) is 5.49. The quantitative estimate of drug-likeness (QED) is 0.726. The molecular formula is C13H13N3OS. The number of thiophene rings is 1. The first-order chi connectivity index (χ1) is 8.58. The molecule has 3 aromatic rings. The molecule has 0 fully saturated rings. The summed E-state index contributed by atoms with van der Waals surface area (Å²) in [4.78, 5) is 11.1. The number of aryl methyl sites for hydroxylation is 3. The molecule has 0 radical (unpaired) electrons. The van der Waals surface area contributed by atoms with Crippen LogP contribution in [0.25, 0.3) is 21.6 Å². The van der Waals surface area contributed by atoms with E-state index in [1.165, 1.54) is 10.4 Å². The van der Waals surface area contributed by atoms with Gasteiger partial charge in [-0.3, -0.25) is 0 Å². The number of anilines is 1. The molecule has 18 heavy (non-hydrogen) atoms. The maximum absolute atomic E-state index is 6.05. The van der Waals surface area contributed by atoms with Crippen LogP contribution in [0.3, 0.4) is 0 Å². The second kappa shape index (κ2) is 3.81. The molecular weight excluding hydrogens is 246 g/mol. The van der Waals surface area contributed by atoms with Gasteiger partial charge in [0.05, 0.1) is 17.2 Å². The van der Waals surface area contributed by atoms with E-state index in [0.29, 0.717) is 11.6 Å². The van der Waals surface area contributed by atoms with Crippen LogP contribution in [0.1, 0.15) is 16.2 Å². The van der Waals surface area contributed by atoms with Crippen molar-refractivity contribution in [3.05, 3.63) is 28.5 Å². The third-order valence-corrected chi connectivity index (χ3v) is 4.26. The summed E-state index contributed by atoms with van der Waals surface area (Å²) >= 11 is 1.65. The Bertz CT molecular complexity index is 742. The highest BCUT2D eigenvalue weighted by Crippen LogP contribution is 2.34. The van der Waals surface area contributed by atoms with Gasteiger partial charge in [-0.15, -0.1) is 11.3 Å². The lowest BCUT2D eigenvalue weighted by molar-refractivity contribution is 0.535. The summed E-state index contributed by atoms with van der Waals surface area (Å²) in [6.45, 7) is 6.02. The Labute approximate surface area is 108 Å². The normalized spacial score (nSPS) is 11.3. The number of rotatable bonds is 1. The van der Waals surface area contributed by atoms with E-state index in [-0.39, 0.29) is 0 Å². The Morgan fingerprint density at radius 3 is 2.67 bits per heavy atom. The van der Waals surface area contributed by atoms with E-state index in [1.807, 2.05) is 13.0 Å². The summed E-state index contributed by atoms with van der Waals surface area (Å²) in [5, 5.41) is 0.974. The molecule has 5 heteroatoms. The minimum Gasteiger partial charge on any atom is -0.469 e. The van der Waals surface area contributed by atoms with Gasteiger partial charge < -0.3 is 10.2 Å². The highest BCUT2D eigenvalue weighted by molar-refractivity contribution is 7.18. The monoisotopic (exact) mass is 259 g/mol. The SMILES string of the molecule is Cc1occc1-c1nc(N)c2c(C)c(C)sc2n1. The summed E-state index contributed by atoms with van der Waals surface area (Å²) in [5.74, 6) is 1.98. The Morgan fingerprint density at radius 2 is 2.00 bits per heavy atom. The van der Waals surface area contributed by atoms with Crippen molar-refractivity contribution in [3.63, 3.8) is 0 Å². The van der Waals surface area contributed by atoms with E-state index in [9.17, 15) is 0 Å². The number of fused-ring (bicyclic) bond motifs is 1. The number of nitrogens with two attached hydrogens (primary N) is 1. The highest BCUT2D eigenvalue weighted by Gasteiger charge is 2.15. The molecule has 3 rings (SSSR count). The standard InChI is InChI=1S/C13H13N3OS/c1-6-8(3)18-13-10(6)11(14)15-12(16-13)9-4-5-17-7(9)2/h4-5H,1-3H3,(H2,14,15,16). The molecule has 3 aromatic heterocycles. The van der Waals surface area contributed by atoms with Crippen LogP contribution in [-0.2, 0) is 0 Å². The predicted octanol–water partition coefficient (Wildman–Crippen LogP) is 3.46. The molecule has 3 heterocycles. The van der Waals surface area contributed by atoms with E-state index in [1.54, 1.807) is 17.6 Å². The second-order valence-electron chi connectivity index (χ2n) is 4.29. The molecule has 0 saturated carbocycles. The zero-order valence-corrected chi connectivity index (χ0v) is 11.3. The average Bonchev–Trinajstić information content (AvgIpc) is 2.84. The zero-order valence-electron chi connectivity index (χ0n) is 10.4. The first kappa shape index (κ1) is 11.2. The van der Waals surface area contributed by atoms with Crippen LogP contribution < -0.4 is 5.73 Å². The molecule has 0 unspecified atom stereocenters. The summed E-state index contributed by atoms with van der Waals surface area (Å²) in [5.41, 5.74) is 8.12. The highest BCUT2D eigenvalue weighted by atomic mass is 32.1.